The van der Waals surface area contributed by atoms with Gasteiger partial charge in [0.05, 0.1) is 34.1 Å². The molecule has 0 aromatic heterocycles. The molecule has 0 fully saturated rings. The van der Waals surface area contributed by atoms with E-state index in [1.165, 1.54) is 86.2 Å². The van der Waals surface area contributed by atoms with Crippen molar-refractivity contribution in [1.82, 2.24) is 0 Å². The Hall–Kier alpha value is -13.5. The summed E-state index contributed by atoms with van der Waals surface area (Å²) in [5, 5.41) is 19.2. The molecule has 102 heavy (non-hydrogen) atoms. The van der Waals surface area contributed by atoms with Crippen molar-refractivity contribution in [3.63, 3.8) is 0 Å². The molecule has 0 N–H and O–H groups in total. The molecule has 0 bridgehead atoms. The van der Waals surface area contributed by atoms with Crippen molar-refractivity contribution in [2.24, 2.45) is 0 Å². The highest BCUT2D eigenvalue weighted by molar-refractivity contribution is 6.18. The van der Waals surface area contributed by atoms with Crippen molar-refractivity contribution < 1.29 is 0 Å². The largest absolute Gasteiger partial charge is 0.310 e. The molecule has 0 radical (unpaired) electrons. The number of hydrogen-bond acceptors (Lipinski definition) is 4. The van der Waals surface area contributed by atoms with E-state index in [2.05, 4.69) is 420 Å². The normalized spacial score (nSPS) is 11.5. The summed E-state index contributed by atoms with van der Waals surface area (Å²) < 4.78 is 0. The third-order valence-electron chi connectivity index (χ3n) is 20.5. The molecular formula is C98H66N4. The maximum atomic E-state index is 2.45. The van der Waals surface area contributed by atoms with E-state index in [0.29, 0.717) is 0 Å². The van der Waals surface area contributed by atoms with Crippen molar-refractivity contribution in [2.45, 2.75) is 0 Å². The van der Waals surface area contributed by atoms with Gasteiger partial charge in [-0.3, -0.25) is 0 Å². The van der Waals surface area contributed by atoms with Crippen LogP contribution >= 0.6 is 0 Å². The highest BCUT2D eigenvalue weighted by atomic mass is 15.2. The summed E-state index contributed by atoms with van der Waals surface area (Å²) in [5.74, 6) is 0. The molecule has 4 nitrogen and oxygen atoms in total. The number of nitrogens with zero attached hydrogens (tertiary/aromatic N) is 4. The van der Waals surface area contributed by atoms with Gasteiger partial charge in [0, 0.05) is 66.4 Å². The zero-order valence-corrected chi connectivity index (χ0v) is 55.9. The molecule has 0 heterocycles. The first-order valence-corrected chi connectivity index (χ1v) is 35.0. The van der Waals surface area contributed by atoms with E-state index in [9.17, 15) is 0 Å². The Morgan fingerprint density at radius 2 is 0.314 bits per heavy atom. The molecule has 0 saturated heterocycles. The highest BCUT2D eigenvalue weighted by Gasteiger charge is 2.25. The lowest BCUT2D eigenvalue weighted by Crippen LogP contribution is -2.13. The molecule has 0 saturated carbocycles. The van der Waals surface area contributed by atoms with Crippen LogP contribution in [0.25, 0.3) is 108 Å². The van der Waals surface area contributed by atoms with E-state index in [1.54, 1.807) is 0 Å². The fraction of sp³-hybridized carbons (Fsp3) is 0. The Balaban J connectivity index is 0.649. The molecule has 19 aromatic carbocycles. The lowest BCUT2D eigenvalue weighted by Gasteiger charge is -2.30. The van der Waals surface area contributed by atoms with Crippen molar-refractivity contribution in [2.75, 3.05) is 19.6 Å². The summed E-state index contributed by atoms with van der Waals surface area (Å²) in [4.78, 5) is 9.72. The summed E-state index contributed by atoms with van der Waals surface area (Å²) in [5.41, 5.74) is 17.7. The molecule has 0 unspecified atom stereocenters. The Labute approximate surface area is 592 Å². The smallest absolute Gasteiger partial charge is 0.0546 e. The first-order valence-electron chi connectivity index (χ1n) is 35.0. The molecule has 0 aliphatic rings. The van der Waals surface area contributed by atoms with Crippen LogP contribution in [0.15, 0.2) is 400 Å². The number of anilines is 12. The van der Waals surface area contributed by atoms with Crippen molar-refractivity contribution >= 4 is 154 Å². The minimum atomic E-state index is 1.06. The van der Waals surface area contributed by atoms with Gasteiger partial charge in [-0.25, -0.2) is 0 Å². The Bertz CT molecular complexity index is 5970. The van der Waals surface area contributed by atoms with Crippen LogP contribution in [0.1, 0.15) is 0 Å². The van der Waals surface area contributed by atoms with Gasteiger partial charge in [-0.1, -0.05) is 291 Å². The molecule has 4 heteroatoms. The average Bonchev–Trinajstić information content (AvgIpc) is 0.752. The Kier molecular flexibility index (Phi) is 14.9. The molecule has 19 aromatic rings. The van der Waals surface area contributed by atoms with E-state index in [-0.39, 0.29) is 0 Å². The average molecular weight is 1300 g/mol. The predicted octanol–water partition coefficient (Wildman–Crippen LogP) is 28.1. The van der Waals surface area contributed by atoms with Gasteiger partial charge in [-0.15, -0.1) is 0 Å². The second-order valence-corrected chi connectivity index (χ2v) is 26.4. The van der Waals surface area contributed by atoms with Crippen LogP contribution < -0.4 is 19.6 Å². The van der Waals surface area contributed by atoms with Gasteiger partial charge in [-0.05, 0) is 185 Å². The minimum Gasteiger partial charge on any atom is -0.310 e. The fourth-order valence-electron chi connectivity index (χ4n) is 15.7. The fourth-order valence-corrected chi connectivity index (χ4v) is 15.7. The summed E-state index contributed by atoms with van der Waals surface area (Å²) in [6, 6.07) is 147. The van der Waals surface area contributed by atoms with Crippen LogP contribution in [0.4, 0.5) is 68.2 Å². The summed E-state index contributed by atoms with van der Waals surface area (Å²) in [6.45, 7) is 0. The first kappa shape index (κ1) is 59.7. The second kappa shape index (κ2) is 25.4. The van der Waals surface area contributed by atoms with Gasteiger partial charge >= 0.3 is 0 Å². The lowest BCUT2D eigenvalue weighted by molar-refractivity contribution is 1.27. The standard InChI is InChI=1S/C98H66N4/c1-9-33-85-71(21-1)27-17-41-93(85)99(79-57-61-81(62-58-79)101(95-43-19-29-73-23-3-11-35-87(73)95)97-65-75-25-5-7-31-83(75)89-37-13-15-39-91(89)97)77-53-49-69(50-54-77)67-45-47-68(48-46-67)70-51-55-78(56-52-70)100(94-42-18-28-72-22-2-10-34-86(72)94)80-59-63-82(64-60-80)102(96-44-20-30-74-24-4-12-36-88(74)96)98-66-76-26-6-8-32-84(76)90-38-14-16-40-92(90)98/h1-66H. The summed E-state index contributed by atoms with van der Waals surface area (Å²) in [6.07, 6.45) is 0. The zero-order chi connectivity index (χ0) is 67.5. The van der Waals surface area contributed by atoms with E-state index in [1.807, 2.05) is 0 Å². The topological polar surface area (TPSA) is 13.0 Å². The van der Waals surface area contributed by atoms with Gasteiger partial charge in [0.1, 0.15) is 0 Å². The second-order valence-electron chi connectivity index (χ2n) is 26.4. The maximum absolute atomic E-state index is 2.45. The van der Waals surface area contributed by atoms with Crippen molar-refractivity contribution in [1.29, 1.82) is 0 Å². The molecule has 0 aliphatic heterocycles. The van der Waals surface area contributed by atoms with E-state index < -0.39 is 0 Å². The van der Waals surface area contributed by atoms with Gasteiger partial charge in [-0.2, -0.15) is 0 Å². The number of fused-ring (bicyclic) bond motifs is 10. The van der Waals surface area contributed by atoms with E-state index in [0.717, 1.165) is 90.5 Å². The third kappa shape index (κ3) is 10.6. The molecule has 19 rings (SSSR count). The molecule has 0 atom stereocenters. The van der Waals surface area contributed by atoms with Crippen LogP contribution in [0, 0.1) is 0 Å². The number of benzene rings is 19. The quantitative estimate of drug-likeness (QED) is 0.101. The molecule has 478 valence electrons. The Morgan fingerprint density at radius 1 is 0.118 bits per heavy atom. The van der Waals surface area contributed by atoms with E-state index in [4.69, 9.17) is 0 Å². The van der Waals surface area contributed by atoms with Gasteiger partial charge < -0.3 is 19.6 Å². The van der Waals surface area contributed by atoms with E-state index >= 15 is 0 Å². The van der Waals surface area contributed by atoms with Crippen LogP contribution in [0.2, 0.25) is 0 Å². The zero-order valence-electron chi connectivity index (χ0n) is 55.9. The predicted molar refractivity (Wildman–Crippen MR) is 436 cm³/mol. The monoisotopic (exact) mass is 1300 g/mol. The molecule has 0 spiro atoms. The number of rotatable bonds is 14. The van der Waals surface area contributed by atoms with Gasteiger partial charge in [0.15, 0.2) is 0 Å². The van der Waals surface area contributed by atoms with Crippen LogP contribution in [0.3, 0.4) is 0 Å². The van der Waals surface area contributed by atoms with Gasteiger partial charge in [0.25, 0.3) is 0 Å². The SMILES string of the molecule is c1ccc2c(N(c3ccc(-c4ccc(-c5ccc(N(c6ccc(N(c7cccc8ccccc78)c7cc8ccccc8c8ccccc78)cc6)c6cccc7ccccc67)cc5)cc4)cc3)c3ccc(N(c4cccc5ccccc45)c4cc5ccccc5c5ccccc45)cc3)cccc2c1. The highest BCUT2D eigenvalue weighted by Crippen LogP contribution is 2.50. The lowest BCUT2D eigenvalue weighted by atomic mass is 9.98. The molecular weight excluding hydrogens is 1230 g/mol. The summed E-state index contributed by atoms with van der Waals surface area (Å²) >= 11 is 0. The summed E-state index contributed by atoms with van der Waals surface area (Å²) in [7, 11) is 0. The van der Waals surface area contributed by atoms with Crippen molar-refractivity contribution in [3.05, 3.63) is 400 Å². The number of hydrogen-bond donors (Lipinski definition) is 0. The minimum absolute atomic E-state index is 1.06. The van der Waals surface area contributed by atoms with Crippen LogP contribution in [0.5, 0.6) is 0 Å². The maximum Gasteiger partial charge on any atom is 0.0546 e. The van der Waals surface area contributed by atoms with Crippen molar-refractivity contribution in [3.8, 4) is 22.3 Å². The first-order chi connectivity index (χ1) is 50.6. The van der Waals surface area contributed by atoms with Crippen LogP contribution in [-0.2, 0) is 0 Å². The molecule has 0 amide bonds. The van der Waals surface area contributed by atoms with Crippen LogP contribution in [-0.4, -0.2) is 0 Å². The van der Waals surface area contributed by atoms with Gasteiger partial charge in [0.2, 0.25) is 0 Å². The molecule has 0 aliphatic carbocycles. The third-order valence-corrected chi connectivity index (χ3v) is 20.5. The Morgan fingerprint density at radius 3 is 0.608 bits per heavy atom.